The van der Waals surface area contributed by atoms with E-state index in [2.05, 4.69) is 15.9 Å². The summed E-state index contributed by atoms with van der Waals surface area (Å²) in [5.41, 5.74) is 2.41. The second kappa shape index (κ2) is 4.98. The minimum atomic E-state index is -0.819. The molecule has 0 spiro atoms. The van der Waals surface area contributed by atoms with Gasteiger partial charge >= 0.3 is 0 Å². The molecule has 2 rings (SSSR count). The van der Waals surface area contributed by atoms with E-state index in [-0.39, 0.29) is 5.82 Å². The van der Waals surface area contributed by atoms with Crippen molar-refractivity contribution in [3.63, 3.8) is 0 Å². The molecule has 3 heteroatoms. The molecule has 1 N–H and O–H groups in total. The Hall–Kier alpha value is -1.19. The van der Waals surface area contributed by atoms with Crippen LogP contribution in [0.4, 0.5) is 4.39 Å². The van der Waals surface area contributed by atoms with Crippen LogP contribution in [0.1, 0.15) is 22.8 Å². The van der Waals surface area contributed by atoms with Crippen LogP contribution >= 0.6 is 15.9 Å². The van der Waals surface area contributed by atoms with Gasteiger partial charge in [-0.05, 0) is 34.5 Å². The summed E-state index contributed by atoms with van der Waals surface area (Å²) in [7, 11) is 0. The Kier molecular flexibility index (Phi) is 3.60. The lowest BCUT2D eigenvalue weighted by molar-refractivity contribution is 0.219. The van der Waals surface area contributed by atoms with Gasteiger partial charge in [0.25, 0.3) is 0 Å². The van der Waals surface area contributed by atoms with Gasteiger partial charge in [0.2, 0.25) is 0 Å². The third kappa shape index (κ3) is 2.56. The van der Waals surface area contributed by atoms with Crippen molar-refractivity contribution in [2.45, 2.75) is 13.0 Å². The van der Waals surface area contributed by atoms with Crippen molar-refractivity contribution >= 4 is 15.9 Å². The summed E-state index contributed by atoms with van der Waals surface area (Å²) >= 11 is 3.16. The van der Waals surface area contributed by atoms with E-state index in [1.807, 2.05) is 31.2 Å². The predicted octanol–water partition coefficient (Wildman–Crippen LogP) is 3.98. The molecule has 0 aliphatic heterocycles. The first kappa shape index (κ1) is 12.3. The highest BCUT2D eigenvalue weighted by molar-refractivity contribution is 9.10. The molecule has 1 nitrogen and oxygen atoms in total. The van der Waals surface area contributed by atoms with E-state index in [1.54, 1.807) is 12.1 Å². The predicted molar refractivity (Wildman–Crippen MR) is 69.3 cm³/mol. The number of benzene rings is 2. The molecule has 0 aliphatic rings. The summed E-state index contributed by atoms with van der Waals surface area (Å²) in [6.07, 6.45) is -0.819. The Morgan fingerprint density at radius 1 is 1.12 bits per heavy atom. The van der Waals surface area contributed by atoms with Gasteiger partial charge in [-0.25, -0.2) is 4.39 Å². The molecule has 0 saturated heterocycles. The number of hydrogen-bond donors (Lipinski definition) is 1. The number of aliphatic hydroxyl groups is 1. The zero-order valence-corrected chi connectivity index (χ0v) is 10.9. The maximum absolute atomic E-state index is 13.4. The van der Waals surface area contributed by atoms with Crippen LogP contribution in [0, 0.1) is 12.7 Å². The van der Waals surface area contributed by atoms with Gasteiger partial charge in [-0.1, -0.05) is 42.0 Å². The molecule has 0 amide bonds. The smallest absolute Gasteiger partial charge is 0.137 e. The van der Waals surface area contributed by atoms with Crippen molar-refractivity contribution in [1.82, 2.24) is 0 Å². The van der Waals surface area contributed by atoms with Crippen LogP contribution in [0.2, 0.25) is 0 Å². The Morgan fingerprint density at radius 3 is 2.41 bits per heavy atom. The number of rotatable bonds is 2. The standard InChI is InChI=1S/C14H12BrFO/c1-9-5-7-10(8-6-9)14(17)11-3-2-4-12(16)13(11)15/h2-8,14,17H,1H3. The van der Waals surface area contributed by atoms with E-state index in [0.29, 0.717) is 10.0 Å². The van der Waals surface area contributed by atoms with Crippen molar-refractivity contribution in [1.29, 1.82) is 0 Å². The highest BCUT2D eigenvalue weighted by Gasteiger charge is 2.15. The lowest BCUT2D eigenvalue weighted by Crippen LogP contribution is -2.01. The van der Waals surface area contributed by atoms with E-state index < -0.39 is 6.10 Å². The Morgan fingerprint density at radius 2 is 1.76 bits per heavy atom. The molecule has 0 aliphatic carbocycles. The molecule has 0 bridgehead atoms. The third-order valence-electron chi connectivity index (χ3n) is 2.67. The van der Waals surface area contributed by atoms with Crippen LogP contribution in [0.5, 0.6) is 0 Å². The highest BCUT2D eigenvalue weighted by Crippen LogP contribution is 2.30. The van der Waals surface area contributed by atoms with Gasteiger partial charge in [-0.2, -0.15) is 0 Å². The van der Waals surface area contributed by atoms with Crippen molar-refractivity contribution < 1.29 is 9.50 Å². The number of halogens is 2. The maximum atomic E-state index is 13.4. The first-order valence-corrected chi connectivity index (χ1v) is 6.07. The fraction of sp³-hybridized carbons (Fsp3) is 0.143. The zero-order chi connectivity index (χ0) is 12.4. The summed E-state index contributed by atoms with van der Waals surface area (Å²) in [6.45, 7) is 1.98. The average molecular weight is 295 g/mol. The molecule has 0 saturated carbocycles. The first-order valence-electron chi connectivity index (χ1n) is 5.28. The Balaban J connectivity index is 2.40. The molecule has 2 aromatic carbocycles. The van der Waals surface area contributed by atoms with E-state index in [1.165, 1.54) is 6.07 Å². The van der Waals surface area contributed by atoms with Crippen LogP contribution in [0.3, 0.4) is 0 Å². The second-order valence-corrected chi connectivity index (χ2v) is 4.75. The quantitative estimate of drug-likeness (QED) is 0.888. The molecule has 1 unspecified atom stereocenters. The second-order valence-electron chi connectivity index (χ2n) is 3.96. The maximum Gasteiger partial charge on any atom is 0.137 e. The normalized spacial score (nSPS) is 12.5. The lowest BCUT2D eigenvalue weighted by atomic mass is 10.0. The van der Waals surface area contributed by atoms with E-state index in [9.17, 15) is 9.50 Å². The van der Waals surface area contributed by atoms with Gasteiger partial charge in [-0.3, -0.25) is 0 Å². The number of aryl methyl sites for hydroxylation is 1. The largest absolute Gasteiger partial charge is 0.384 e. The minimum Gasteiger partial charge on any atom is -0.384 e. The van der Waals surface area contributed by atoms with Gasteiger partial charge in [0.05, 0.1) is 4.47 Å². The summed E-state index contributed by atoms with van der Waals surface area (Å²) in [5.74, 6) is -0.367. The Labute approximate surface area is 108 Å². The van der Waals surface area contributed by atoms with Gasteiger partial charge in [0.1, 0.15) is 11.9 Å². The zero-order valence-electron chi connectivity index (χ0n) is 9.32. The molecule has 17 heavy (non-hydrogen) atoms. The molecule has 0 fully saturated rings. The summed E-state index contributed by atoms with van der Waals surface area (Å²) in [4.78, 5) is 0. The van der Waals surface area contributed by atoms with E-state index >= 15 is 0 Å². The van der Waals surface area contributed by atoms with Crippen LogP contribution in [0.15, 0.2) is 46.9 Å². The SMILES string of the molecule is Cc1ccc(C(O)c2cccc(F)c2Br)cc1. The molecule has 0 aromatic heterocycles. The first-order chi connectivity index (χ1) is 8.09. The van der Waals surface area contributed by atoms with E-state index in [4.69, 9.17) is 0 Å². The molecular weight excluding hydrogens is 283 g/mol. The number of aliphatic hydroxyl groups excluding tert-OH is 1. The van der Waals surface area contributed by atoms with E-state index in [0.717, 1.165) is 11.1 Å². The monoisotopic (exact) mass is 294 g/mol. The molecule has 1 atom stereocenters. The fourth-order valence-electron chi connectivity index (χ4n) is 1.66. The van der Waals surface area contributed by atoms with Crippen LogP contribution in [-0.2, 0) is 0 Å². The highest BCUT2D eigenvalue weighted by atomic mass is 79.9. The third-order valence-corrected chi connectivity index (χ3v) is 3.51. The van der Waals surface area contributed by atoms with Crippen molar-refractivity contribution in [2.24, 2.45) is 0 Å². The van der Waals surface area contributed by atoms with Crippen molar-refractivity contribution in [2.75, 3.05) is 0 Å². The molecular formula is C14H12BrFO. The van der Waals surface area contributed by atoms with Crippen LogP contribution < -0.4 is 0 Å². The minimum absolute atomic E-state index is 0.313. The van der Waals surface area contributed by atoms with Gasteiger partial charge in [-0.15, -0.1) is 0 Å². The summed E-state index contributed by atoms with van der Waals surface area (Å²) in [6, 6.07) is 12.2. The summed E-state index contributed by atoms with van der Waals surface area (Å²) < 4.78 is 13.7. The molecule has 0 heterocycles. The molecule has 0 radical (unpaired) electrons. The fourth-order valence-corrected chi connectivity index (χ4v) is 2.14. The topological polar surface area (TPSA) is 20.2 Å². The van der Waals surface area contributed by atoms with Crippen LogP contribution in [-0.4, -0.2) is 5.11 Å². The number of hydrogen-bond acceptors (Lipinski definition) is 1. The van der Waals surface area contributed by atoms with Crippen molar-refractivity contribution in [3.05, 3.63) is 69.4 Å². The lowest BCUT2D eigenvalue weighted by Gasteiger charge is -2.13. The van der Waals surface area contributed by atoms with Crippen LogP contribution in [0.25, 0.3) is 0 Å². The summed E-state index contributed by atoms with van der Waals surface area (Å²) in [5, 5.41) is 10.2. The van der Waals surface area contributed by atoms with Gasteiger partial charge in [0, 0.05) is 5.56 Å². The van der Waals surface area contributed by atoms with Gasteiger partial charge < -0.3 is 5.11 Å². The Bertz CT molecular complexity index is 522. The molecule has 2 aromatic rings. The molecule has 88 valence electrons. The van der Waals surface area contributed by atoms with Crippen molar-refractivity contribution in [3.8, 4) is 0 Å². The van der Waals surface area contributed by atoms with Gasteiger partial charge in [0.15, 0.2) is 0 Å². The average Bonchev–Trinajstić information content (AvgIpc) is 2.33.